The number of hydrogen-bond acceptors (Lipinski definition) is 3. The quantitative estimate of drug-likeness (QED) is 0.761. The molecule has 0 bridgehead atoms. The number of aromatic amines is 1. The molecule has 1 heterocycles. The summed E-state index contributed by atoms with van der Waals surface area (Å²) in [6, 6.07) is 12.9. The molecule has 1 aromatic heterocycles. The first-order chi connectivity index (χ1) is 11.1. The number of fused-ring (bicyclic) bond motifs is 1. The van der Waals surface area contributed by atoms with Gasteiger partial charge in [-0.3, -0.25) is 4.79 Å². The molecule has 2 aromatic carbocycles. The molecule has 0 radical (unpaired) electrons. The predicted molar refractivity (Wildman–Crippen MR) is 84.5 cm³/mol. The molecule has 0 saturated heterocycles. The van der Waals surface area contributed by atoms with Crippen molar-refractivity contribution in [2.45, 2.75) is 13.0 Å². The molecule has 0 saturated carbocycles. The van der Waals surface area contributed by atoms with Crippen LogP contribution in [0.5, 0.6) is 5.75 Å². The number of nitrogens with one attached hydrogen (secondary N) is 2. The van der Waals surface area contributed by atoms with Gasteiger partial charge < -0.3 is 15.0 Å². The molecule has 0 aliphatic rings. The van der Waals surface area contributed by atoms with Crippen molar-refractivity contribution in [3.05, 3.63) is 60.2 Å². The fourth-order valence-electron chi connectivity index (χ4n) is 2.21. The number of hydrogen-bond donors (Lipinski definition) is 2. The van der Waals surface area contributed by atoms with Gasteiger partial charge in [-0.2, -0.15) is 0 Å². The molecule has 3 aromatic rings. The summed E-state index contributed by atoms with van der Waals surface area (Å²) in [7, 11) is 0. The summed E-state index contributed by atoms with van der Waals surface area (Å²) in [4.78, 5) is 19.5. The second-order valence-electron chi connectivity index (χ2n) is 5.17. The standard InChI is InChI=1S/C17H16FN3O2/c1-11(17-20-14-4-2-3-5-15(14)21-17)19-16(22)10-23-13-8-6-12(18)7-9-13/h2-9,11H,10H2,1H3,(H,19,22)(H,20,21). The van der Waals surface area contributed by atoms with Crippen LogP contribution in [0.25, 0.3) is 11.0 Å². The average Bonchev–Trinajstić information content (AvgIpc) is 2.98. The van der Waals surface area contributed by atoms with E-state index < -0.39 is 0 Å². The molecular weight excluding hydrogens is 297 g/mol. The summed E-state index contributed by atoms with van der Waals surface area (Å²) < 4.78 is 18.1. The third-order valence-electron chi connectivity index (χ3n) is 3.38. The van der Waals surface area contributed by atoms with E-state index in [0.717, 1.165) is 11.0 Å². The van der Waals surface area contributed by atoms with Gasteiger partial charge in [0, 0.05) is 0 Å². The summed E-state index contributed by atoms with van der Waals surface area (Å²) in [5.74, 6) is 0.502. The van der Waals surface area contributed by atoms with E-state index in [1.807, 2.05) is 31.2 Å². The summed E-state index contributed by atoms with van der Waals surface area (Å²) in [6.45, 7) is 1.70. The minimum Gasteiger partial charge on any atom is -0.484 e. The van der Waals surface area contributed by atoms with Gasteiger partial charge >= 0.3 is 0 Å². The maximum absolute atomic E-state index is 12.8. The molecule has 0 fully saturated rings. The molecule has 2 N–H and O–H groups in total. The van der Waals surface area contributed by atoms with E-state index in [9.17, 15) is 9.18 Å². The number of benzene rings is 2. The van der Waals surface area contributed by atoms with E-state index in [1.165, 1.54) is 24.3 Å². The van der Waals surface area contributed by atoms with E-state index in [2.05, 4.69) is 15.3 Å². The van der Waals surface area contributed by atoms with Gasteiger partial charge in [0.05, 0.1) is 17.1 Å². The third-order valence-corrected chi connectivity index (χ3v) is 3.38. The summed E-state index contributed by atoms with van der Waals surface area (Å²) >= 11 is 0. The molecule has 23 heavy (non-hydrogen) atoms. The number of ether oxygens (including phenoxy) is 1. The lowest BCUT2D eigenvalue weighted by Gasteiger charge is -2.12. The normalized spacial score (nSPS) is 12.1. The van der Waals surface area contributed by atoms with Crippen LogP contribution in [0.2, 0.25) is 0 Å². The Labute approximate surface area is 132 Å². The van der Waals surface area contributed by atoms with E-state index >= 15 is 0 Å². The number of rotatable bonds is 5. The molecule has 0 aliphatic carbocycles. The summed E-state index contributed by atoms with van der Waals surface area (Å²) in [5.41, 5.74) is 1.78. The maximum Gasteiger partial charge on any atom is 0.258 e. The zero-order valence-electron chi connectivity index (χ0n) is 12.5. The molecule has 3 rings (SSSR count). The Morgan fingerprint density at radius 1 is 1.26 bits per heavy atom. The highest BCUT2D eigenvalue weighted by molar-refractivity contribution is 5.78. The van der Waals surface area contributed by atoms with Crippen molar-refractivity contribution in [1.82, 2.24) is 15.3 Å². The second kappa shape index (κ2) is 6.48. The first kappa shape index (κ1) is 15.0. The lowest BCUT2D eigenvalue weighted by atomic mass is 10.3. The number of imidazole rings is 1. The van der Waals surface area contributed by atoms with E-state index in [1.54, 1.807) is 0 Å². The largest absolute Gasteiger partial charge is 0.484 e. The molecule has 0 aliphatic heterocycles. The van der Waals surface area contributed by atoms with E-state index in [0.29, 0.717) is 11.6 Å². The molecule has 6 heteroatoms. The van der Waals surface area contributed by atoms with Crippen LogP contribution in [-0.4, -0.2) is 22.5 Å². The highest BCUT2D eigenvalue weighted by atomic mass is 19.1. The van der Waals surface area contributed by atoms with Crippen LogP contribution in [0.3, 0.4) is 0 Å². The van der Waals surface area contributed by atoms with Crippen molar-refractivity contribution in [1.29, 1.82) is 0 Å². The number of para-hydroxylation sites is 2. The number of amides is 1. The van der Waals surface area contributed by atoms with Gasteiger partial charge in [0.15, 0.2) is 6.61 Å². The fourth-order valence-corrected chi connectivity index (χ4v) is 2.21. The molecule has 1 amide bonds. The highest BCUT2D eigenvalue weighted by Crippen LogP contribution is 2.15. The number of H-pyrrole nitrogens is 1. The Morgan fingerprint density at radius 3 is 2.74 bits per heavy atom. The monoisotopic (exact) mass is 313 g/mol. The molecular formula is C17H16FN3O2. The van der Waals surface area contributed by atoms with Crippen molar-refractivity contribution < 1.29 is 13.9 Å². The van der Waals surface area contributed by atoms with Crippen molar-refractivity contribution in [3.8, 4) is 5.75 Å². The molecule has 118 valence electrons. The Hall–Kier alpha value is -2.89. The Bertz CT molecular complexity index is 781. The Balaban J connectivity index is 1.57. The topological polar surface area (TPSA) is 67.0 Å². The van der Waals surface area contributed by atoms with E-state index in [4.69, 9.17) is 4.74 Å². The zero-order valence-corrected chi connectivity index (χ0v) is 12.5. The highest BCUT2D eigenvalue weighted by Gasteiger charge is 2.13. The SMILES string of the molecule is CC(NC(=O)COc1ccc(F)cc1)c1nc2ccccc2[nH]1. The van der Waals surface area contributed by atoms with Gasteiger partial charge in [-0.25, -0.2) is 9.37 Å². The third kappa shape index (κ3) is 3.66. The van der Waals surface area contributed by atoms with Crippen LogP contribution < -0.4 is 10.1 Å². The lowest BCUT2D eigenvalue weighted by Crippen LogP contribution is -2.31. The smallest absolute Gasteiger partial charge is 0.258 e. The van der Waals surface area contributed by atoms with Crippen LogP contribution in [0.4, 0.5) is 4.39 Å². The average molecular weight is 313 g/mol. The van der Waals surface area contributed by atoms with E-state index in [-0.39, 0.29) is 24.4 Å². The second-order valence-corrected chi connectivity index (χ2v) is 5.17. The Kier molecular flexibility index (Phi) is 4.23. The first-order valence-corrected chi connectivity index (χ1v) is 7.24. The molecule has 0 spiro atoms. The van der Waals surface area contributed by atoms with Crippen molar-refractivity contribution in [2.24, 2.45) is 0 Å². The first-order valence-electron chi connectivity index (χ1n) is 7.24. The zero-order chi connectivity index (χ0) is 16.2. The lowest BCUT2D eigenvalue weighted by molar-refractivity contribution is -0.123. The maximum atomic E-state index is 12.8. The minimum atomic E-state index is -0.347. The molecule has 1 atom stereocenters. The number of aromatic nitrogens is 2. The van der Waals surface area contributed by atoms with Gasteiger partial charge in [0.1, 0.15) is 17.4 Å². The summed E-state index contributed by atoms with van der Waals surface area (Å²) in [5, 5.41) is 2.81. The summed E-state index contributed by atoms with van der Waals surface area (Å²) in [6.07, 6.45) is 0. The number of halogens is 1. The number of carbonyl (C=O) groups excluding carboxylic acids is 1. The predicted octanol–water partition coefficient (Wildman–Crippen LogP) is 2.96. The van der Waals surface area contributed by atoms with Gasteiger partial charge in [-0.05, 0) is 43.3 Å². The minimum absolute atomic E-state index is 0.143. The van der Waals surface area contributed by atoms with Crippen molar-refractivity contribution in [2.75, 3.05) is 6.61 Å². The van der Waals surface area contributed by atoms with Crippen LogP contribution >= 0.6 is 0 Å². The van der Waals surface area contributed by atoms with Gasteiger partial charge in [0.2, 0.25) is 0 Å². The Morgan fingerprint density at radius 2 is 2.00 bits per heavy atom. The molecule has 1 unspecified atom stereocenters. The number of nitrogens with zero attached hydrogens (tertiary/aromatic N) is 1. The van der Waals surface area contributed by atoms with Crippen LogP contribution in [0.1, 0.15) is 18.8 Å². The fraction of sp³-hybridized carbons (Fsp3) is 0.176. The van der Waals surface area contributed by atoms with Crippen LogP contribution in [0.15, 0.2) is 48.5 Å². The van der Waals surface area contributed by atoms with Gasteiger partial charge in [-0.15, -0.1) is 0 Å². The molecule has 5 nitrogen and oxygen atoms in total. The van der Waals surface area contributed by atoms with Crippen LogP contribution in [0, 0.1) is 5.82 Å². The van der Waals surface area contributed by atoms with Gasteiger partial charge in [-0.1, -0.05) is 12.1 Å². The number of carbonyl (C=O) groups is 1. The van der Waals surface area contributed by atoms with Crippen molar-refractivity contribution in [3.63, 3.8) is 0 Å². The van der Waals surface area contributed by atoms with Crippen molar-refractivity contribution >= 4 is 16.9 Å². The van der Waals surface area contributed by atoms with Crippen LogP contribution in [-0.2, 0) is 4.79 Å². The van der Waals surface area contributed by atoms with Gasteiger partial charge in [0.25, 0.3) is 5.91 Å².